The fourth-order valence-electron chi connectivity index (χ4n) is 4.13. The van der Waals surface area contributed by atoms with Crippen molar-refractivity contribution in [3.63, 3.8) is 0 Å². The molecule has 16 heteroatoms. The molecular formula is C27H41N3O13. The predicted octanol–water partition coefficient (Wildman–Crippen LogP) is 1.72. The van der Waals surface area contributed by atoms with Gasteiger partial charge in [-0.2, -0.15) is 0 Å². The number of carbonyl (C=O) groups excluding carboxylic acids is 5. The van der Waals surface area contributed by atoms with E-state index in [2.05, 4.69) is 15.6 Å². The molecule has 2 aliphatic heterocycles. The minimum Gasteiger partial charge on any atom is -0.480 e. The summed E-state index contributed by atoms with van der Waals surface area (Å²) in [6.07, 6.45) is -5.25. The van der Waals surface area contributed by atoms with Crippen molar-refractivity contribution in [3.05, 3.63) is 11.8 Å². The summed E-state index contributed by atoms with van der Waals surface area (Å²) in [5, 5.41) is 14.1. The molecule has 0 bridgehead atoms. The Morgan fingerprint density at radius 3 is 2.07 bits per heavy atom. The predicted molar refractivity (Wildman–Crippen MR) is 147 cm³/mol. The first-order valence-electron chi connectivity index (χ1n) is 13.5. The van der Waals surface area contributed by atoms with E-state index in [0.717, 1.165) is 7.11 Å². The highest BCUT2D eigenvalue weighted by Crippen LogP contribution is 2.35. The van der Waals surface area contributed by atoms with Gasteiger partial charge in [-0.15, -0.1) is 0 Å². The van der Waals surface area contributed by atoms with Gasteiger partial charge in [0, 0.05) is 12.3 Å². The summed E-state index contributed by atoms with van der Waals surface area (Å²) in [6, 6.07) is -1.14. The first-order valence-corrected chi connectivity index (χ1v) is 13.5. The Balaban J connectivity index is 2.64. The van der Waals surface area contributed by atoms with E-state index >= 15 is 0 Å². The zero-order chi connectivity index (χ0) is 32.5. The zero-order valence-electron chi connectivity index (χ0n) is 25.6. The maximum absolute atomic E-state index is 12.7. The van der Waals surface area contributed by atoms with Crippen LogP contribution in [0.25, 0.3) is 0 Å². The third kappa shape index (κ3) is 11.7. The number of aliphatic hydroxyl groups is 1. The lowest BCUT2D eigenvalue weighted by Gasteiger charge is -2.40. The second-order valence-electron chi connectivity index (χ2n) is 11.7. The lowest BCUT2D eigenvalue weighted by atomic mass is 9.82. The van der Waals surface area contributed by atoms with Crippen molar-refractivity contribution in [2.24, 2.45) is 10.9 Å². The van der Waals surface area contributed by atoms with Crippen LogP contribution in [-0.2, 0) is 42.7 Å². The maximum Gasteiger partial charge on any atom is 0.508 e. The minimum absolute atomic E-state index is 0.198. The minimum atomic E-state index is -1.20. The first kappa shape index (κ1) is 35.3. The molecule has 0 unspecified atom stereocenters. The van der Waals surface area contributed by atoms with Gasteiger partial charge in [0.1, 0.15) is 35.8 Å². The van der Waals surface area contributed by atoms with E-state index < -0.39 is 78.4 Å². The summed E-state index contributed by atoms with van der Waals surface area (Å²) < 4.78 is 37.3. The molecule has 2 heterocycles. The Morgan fingerprint density at radius 1 is 1.05 bits per heavy atom. The molecule has 3 N–H and O–H groups in total. The molecule has 16 nitrogen and oxygen atoms in total. The molecule has 43 heavy (non-hydrogen) atoms. The summed E-state index contributed by atoms with van der Waals surface area (Å²) >= 11 is 0. The van der Waals surface area contributed by atoms with Crippen LogP contribution in [-0.4, -0.2) is 104 Å². The van der Waals surface area contributed by atoms with Crippen molar-refractivity contribution in [3.8, 4) is 0 Å². The molecule has 0 aromatic carbocycles. The highest BCUT2D eigenvalue weighted by Gasteiger charge is 2.48. The number of carbonyl (C=O) groups is 5. The third-order valence-corrected chi connectivity index (χ3v) is 5.58. The lowest BCUT2D eigenvalue weighted by Crippen LogP contribution is -2.53. The lowest BCUT2D eigenvalue weighted by molar-refractivity contribution is -0.155. The van der Waals surface area contributed by atoms with Crippen LogP contribution in [0.15, 0.2) is 16.8 Å². The Morgan fingerprint density at radius 2 is 1.63 bits per heavy atom. The van der Waals surface area contributed by atoms with Crippen LogP contribution in [0, 0.1) is 5.92 Å². The van der Waals surface area contributed by atoms with Gasteiger partial charge in [0.2, 0.25) is 11.7 Å². The van der Waals surface area contributed by atoms with Crippen molar-refractivity contribution in [1.29, 1.82) is 0 Å². The number of guanidine groups is 1. The van der Waals surface area contributed by atoms with E-state index in [1.807, 2.05) is 0 Å². The summed E-state index contributed by atoms with van der Waals surface area (Å²) in [5.41, 5.74) is -1.81. The van der Waals surface area contributed by atoms with Crippen molar-refractivity contribution >= 4 is 36.1 Å². The van der Waals surface area contributed by atoms with E-state index in [1.165, 1.54) is 13.0 Å². The number of ether oxygens (including phenoxy) is 7. The van der Waals surface area contributed by atoms with E-state index in [9.17, 15) is 29.1 Å². The second kappa shape index (κ2) is 15.0. The largest absolute Gasteiger partial charge is 0.508 e. The van der Waals surface area contributed by atoms with Gasteiger partial charge in [0.05, 0.1) is 26.4 Å². The summed E-state index contributed by atoms with van der Waals surface area (Å²) in [4.78, 5) is 66.7. The van der Waals surface area contributed by atoms with Gasteiger partial charge in [-0.05, 0) is 54.5 Å². The van der Waals surface area contributed by atoms with E-state index in [4.69, 9.17) is 33.2 Å². The van der Waals surface area contributed by atoms with Crippen LogP contribution >= 0.6 is 0 Å². The molecule has 0 aliphatic carbocycles. The second-order valence-corrected chi connectivity index (χ2v) is 11.7. The van der Waals surface area contributed by atoms with Crippen LogP contribution in [0.4, 0.5) is 14.4 Å². The quantitative estimate of drug-likeness (QED) is 0.146. The highest BCUT2D eigenvalue weighted by molar-refractivity contribution is 6.01. The maximum atomic E-state index is 12.7. The molecule has 0 spiro atoms. The number of aliphatic hydroxyl groups excluding tert-OH is 1. The number of rotatable bonds is 9. The molecule has 0 aromatic rings. The molecule has 5 atom stereocenters. The topological polar surface area (TPSA) is 207 Å². The van der Waals surface area contributed by atoms with Crippen LogP contribution in [0.1, 0.15) is 54.9 Å². The van der Waals surface area contributed by atoms with Gasteiger partial charge >= 0.3 is 24.3 Å². The first-order chi connectivity index (χ1) is 19.9. The third-order valence-electron chi connectivity index (χ3n) is 5.58. The van der Waals surface area contributed by atoms with E-state index in [-0.39, 0.29) is 31.2 Å². The Kier molecular flexibility index (Phi) is 12.3. The number of cyclic esters (lactones) is 2. The van der Waals surface area contributed by atoms with Crippen molar-refractivity contribution in [2.45, 2.75) is 90.4 Å². The highest BCUT2D eigenvalue weighted by atomic mass is 16.8. The summed E-state index contributed by atoms with van der Waals surface area (Å²) in [7, 11) is 1.12. The summed E-state index contributed by atoms with van der Waals surface area (Å²) in [5.74, 6) is -2.90. The van der Waals surface area contributed by atoms with Crippen molar-refractivity contribution in [1.82, 2.24) is 10.6 Å². The standard InChI is InChI=1S/C27H41N3O13/c1-14(32)11-15-16(28-22(29-23(34)42-26(2,3)4)30-24(35)43-27(5,6)7)12-17(21(33)37-8)40-19(15)20(38-10-9-31)18-13-39-25(36)41-18/h12,15-16,18-20,31H,9-11,13H2,1-8H3,(H2,28,29,30,34,35)/t15-,16+,18-,19-,20-/m1/s1. The van der Waals surface area contributed by atoms with Gasteiger partial charge in [0.25, 0.3) is 0 Å². The molecule has 2 rings (SSSR count). The van der Waals surface area contributed by atoms with Gasteiger partial charge in [-0.25, -0.2) is 24.2 Å². The SMILES string of the molecule is COC(=O)C1=C[C@H](N=C(NC(=O)OC(C)(C)C)NC(=O)OC(C)(C)C)[C@@H](CC(C)=O)[C@H]([C@H](OCCO)[C@H]2COC(=O)O2)O1. The zero-order valence-corrected chi connectivity index (χ0v) is 25.6. The number of methoxy groups -OCH3 is 1. The number of esters is 1. The fourth-order valence-corrected chi connectivity index (χ4v) is 4.13. The number of amides is 2. The Bertz CT molecular complexity index is 1070. The molecular weight excluding hydrogens is 574 g/mol. The van der Waals surface area contributed by atoms with Crippen LogP contribution < -0.4 is 10.6 Å². The Hall–Kier alpha value is -3.92. The molecule has 2 aliphatic rings. The number of hydrogen-bond acceptors (Lipinski definition) is 14. The number of ketones is 1. The van der Waals surface area contributed by atoms with Crippen molar-refractivity contribution in [2.75, 3.05) is 26.9 Å². The number of alkyl carbamates (subject to hydrolysis) is 2. The van der Waals surface area contributed by atoms with Crippen molar-refractivity contribution < 1.29 is 62.2 Å². The number of hydrogen-bond donors (Lipinski definition) is 3. The fraction of sp³-hybridized carbons (Fsp3) is 0.704. The Labute approximate surface area is 249 Å². The molecule has 0 saturated carbocycles. The smallest absolute Gasteiger partial charge is 0.480 e. The summed E-state index contributed by atoms with van der Waals surface area (Å²) in [6.45, 7) is 10.2. The molecule has 0 radical (unpaired) electrons. The molecule has 242 valence electrons. The van der Waals surface area contributed by atoms with Crippen LogP contribution in [0.5, 0.6) is 0 Å². The van der Waals surface area contributed by atoms with Crippen LogP contribution in [0.3, 0.4) is 0 Å². The normalized spacial score (nSPS) is 22.4. The number of nitrogens with zero attached hydrogens (tertiary/aromatic N) is 1. The van der Waals surface area contributed by atoms with Gasteiger partial charge < -0.3 is 43.1 Å². The molecule has 2 amide bonds. The number of aliphatic imine (C=N–C) groups is 1. The van der Waals surface area contributed by atoms with Gasteiger partial charge in [-0.1, -0.05) is 0 Å². The number of nitrogens with one attached hydrogen (secondary N) is 2. The monoisotopic (exact) mass is 615 g/mol. The number of Topliss-reactive ketones (excluding diaryl/α,β-unsaturated/α-hetero) is 1. The molecule has 0 aromatic heterocycles. The molecule has 1 saturated heterocycles. The molecule has 1 fully saturated rings. The van der Waals surface area contributed by atoms with E-state index in [0.29, 0.717) is 0 Å². The average molecular weight is 616 g/mol. The van der Waals surface area contributed by atoms with Gasteiger partial charge in [0.15, 0.2) is 6.10 Å². The van der Waals surface area contributed by atoms with Crippen LogP contribution in [0.2, 0.25) is 0 Å². The average Bonchev–Trinajstić information content (AvgIpc) is 3.28. The van der Waals surface area contributed by atoms with E-state index in [1.54, 1.807) is 41.5 Å². The van der Waals surface area contributed by atoms with Gasteiger partial charge in [-0.3, -0.25) is 10.6 Å².